The highest BCUT2D eigenvalue weighted by molar-refractivity contribution is 5.76. The number of carbonyl (C=O) groups excluding carboxylic acids is 1. The molecule has 1 aromatic rings. The lowest BCUT2D eigenvalue weighted by Gasteiger charge is -2.13. The summed E-state index contributed by atoms with van der Waals surface area (Å²) in [6.07, 6.45) is 1.45. The molecule has 1 rings (SSSR count). The number of anilines is 1. The molecule has 0 saturated carbocycles. The van der Waals surface area contributed by atoms with Crippen molar-refractivity contribution in [2.45, 2.75) is 32.7 Å². The zero-order valence-corrected chi connectivity index (χ0v) is 12.1. The predicted octanol–water partition coefficient (Wildman–Crippen LogP) is 0.702. The minimum absolute atomic E-state index is 0.00966. The molecule has 0 bridgehead atoms. The molecule has 1 aromatic heterocycles. The third-order valence-electron chi connectivity index (χ3n) is 2.78. The molecule has 1 amide bonds. The first-order valence-electron chi connectivity index (χ1n) is 6.57. The van der Waals surface area contributed by atoms with E-state index in [1.54, 1.807) is 11.9 Å². The Morgan fingerprint density at radius 1 is 1.47 bits per heavy atom. The summed E-state index contributed by atoms with van der Waals surface area (Å²) in [6, 6.07) is 0.470. The molecule has 1 unspecified atom stereocenters. The summed E-state index contributed by atoms with van der Waals surface area (Å²) < 4.78 is 5.58. The van der Waals surface area contributed by atoms with Crippen molar-refractivity contribution in [3.8, 4) is 0 Å². The Kier molecular flexibility index (Phi) is 6.27. The molecule has 0 fully saturated rings. The standard InChI is InChI=1S/C12H23N5O2/c1-5-7-14-9(2)11-15-16-12(19-11)17(4)8-6-10(18)13-3/h9,14H,5-8H2,1-4H3,(H,13,18). The van der Waals surface area contributed by atoms with E-state index in [9.17, 15) is 4.79 Å². The fourth-order valence-electron chi connectivity index (χ4n) is 1.49. The Balaban J connectivity index is 2.50. The molecule has 7 heteroatoms. The number of rotatable bonds is 8. The fraction of sp³-hybridized carbons (Fsp3) is 0.750. The van der Waals surface area contributed by atoms with Crippen molar-refractivity contribution >= 4 is 11.9 Å². The summed E-state index contributed by atoms with van der Waals surface area (Å²) in [6.45, 7) is 5.53. The normalized spacial score (nSPS) is 12.2. The van der Waals surface area contributed by atoms with Crippen LogP contribution in [0.5, 0.6) is 0 Å². The van der Waals surface area contributed by atoms with E-state index in [4.69, 9.17) is 4.42 Å². The van der Waals surface area contributed by atoms with Gasteiger partial charge in [0.1, 0.15) is 0 Å². The van der Waals surface area contributed by atoms with Gasteiger partial charge in [-0.25, -0.2) is 0 Å². The lowest BCUT2D eigenvalue weighted by molar-refractivity contribution is -0.120. The van der Waals surface area contributed by atoms with Crippen molar-refractivity contribution < 1.29 is 9.21 Å². The number of aromatic nitrogens is 2. The zero-order valence-electron chi connectivity index (χ0n) is 12.1. The second-order valence-corrected chi connectivity index (χ2v) is 4.44. The van der Waals surface area contributed by atoms with Crippen LogP contribution in [0.4, 0.5) is 6.01 Å². The number of hydrogen-bond donors (Lipinski definition) is 2. The van der Waals surface area contributed by atoms with Gasteiger partial charge in [0.2, 0.25) is 11.8 Å². The maximum absolute atomic E-state index is 11.2. The highest BCUT2D eigenvalue weighted by Gasteiger charge is 2.15. The molecule has 0 radical (unpaired) electrons. The van der Waals surface area contributed by atoms with Crippen molar-refractivity contribution in [1.82, 2.24) is 20.8 Å². The van der Waals surface area contributed by atoms with Crippen molar-refractivity contribution in [2.24, 2.45) is 0 Å². The van der Waals surface area contributed by atoms with Gasteiger partial charge in [-0.1, -0.05) is 12.0 Å². The van der Waals surface area contributed by atoms with Crippen LogP contribution < -0.4 is 15.5 Å². The summed E-state index contributed by atoms with van der Waals surface area (Å²) in [5.74, 6) is 0.555. The van der Waals surface area contributed by atoms with Crippen molar-refractivity contribution in [2.75, 3.05) is 32.1 Å². The molecule has 1 atom stereocenters. The fourth-order valence-corrected chi connectivity index (χ4v) is 1.49. The predicted molar refractivity (Wildman–Crippen MR) is 73.0 cm³/mol. The van der Waals surface area contributed by atoms with Gasteiger partial charge < -0.3 is 20.0 Å². The molecule has 0 aliphatic carbocycles. The van der Waals surface area contributed by atoms with Crippen molar-refractivity contribution in [1.29, 1.82) is 0 Å². The molecule has 0 spiro atoms. The lowest BCUT2D eigenvalue weighted by Crippen LogP contribution is -2.26. The molecule has 0 aromatic carbocycles. The highest BCUT2D eigenvalue weighted by atomic mass is 16.4. The van der Waals surface area contributed by atoms with Crippen LogP contribution in [0.1, 0.15) is 38.6 Å². The Morgan fingerprint density at radius 3 is 2.84 bits per heavy atom. The Labute approximate surface area is 113 Å². The smallest absolute Gasteiger partial charge is 0.317 e. The number of nitrogens with one attached hydrogen (secondary N) is 2. The Bertz CT molecular complexity index is 393. The van der Waals surface area contributed by atoms with Crippen molar-refractivity contribution in [3.63, 3.8) is 0 Å². The molecule has 0 aliphatic rings. The second-order valence-electron chi connectivity index (χ2n) is 4.44. The van der Waals surface area contributed by atoms with Gasteiger partial charge in [0.25, 0.3) is 0 Å². The summed E-state index contributed by atoms with van der Waals surface area (Å²) >= 11 is 0. The first-order valence-corrected chi connectivity index (χ1v) is 6.57. The van der Waals surface area contributed by atoms with E-state index in [-0.39, 0.29) is 11.9 Å². The van der Waals surface area contributed by atoms with Crippen LogP contribution in [0.25, 0.3) is 0 Å². The van der Waals surface area contributed by atoms with E-state index in [1.165, 1.54) is 0 Å². The van der Waals surface area contributed by atoms with Crippen LogP contribution in [0.3, 0.4) is 0 Å². The van der Waals surface area contributed by atoms with Gasteiger partial charge in [0, 0.05) is 27.1 Å². The molecule has 0 saturated heterocycles. The van der Waals surface area contributed by atoms with Gasteiger partial charge in [-0.15, -0.1) is 5.10 Å². The van der Waals surface area contributed by atoms with E-state index in [0.717, 1.165) is 13.0 Å². The molecule has 108 valence electrons. The average Bonchev–Trinajstić information content (AvgIpc) is 2.91. The van der Waals surface area contributed by atoms with Gasteiger partial charge in [-0.2, -0.15) is 0 Å². The van der Waals surface area contributed by atoms with Gasteiger partial charge in [-0.05, 0) is 19.9 Å². The summed E-state index contributed by atoms with van der Waals surface area (Å²) in [5.41, 5.74) is 0. The van der Waals surface area contributed by atoms with E-state index < -0.39 is 0 Å². The molecule has 1 heterocycles. The van der Waals surface area contributed by atoms with Crippen LogP contribution in [0.15, 0.2) is 4.42 Å². The second kappa shape index (κ2) is 7.73. The van der Waals surface area contributed by atoms with Gasteiger partial charge >= 0.3 is 6.01 Å². The van der Waals surface area contributed by atoms with E-state index >= 15 is 0 Å². The molecule has 0 aliphatic heterocycles. The number of hydrogen-bond acceptors (Lipinski definition) is 6. The minimum atomic E-state index is -0.00966. The maximum atomic E-state index is 11.2. The van der Waals surface area contributed by atoms with Crippen LogP contribution in [0, 0.1) is 0 Å². The monoisotopic (exact) mass is 269 g/mol. The van der Waals surface area contributed by atoms with Gasteiger partial charge in [-0.3, -0.25) is 4.79 Å². The summed E-state index contributed by atoms with van der Waals surface area (Å²) in [7, 11) is 3.44. The maximum Gasteiger partial charge on any atom is 0.317 e. The molecule has 19 heavy (non-hydrogen) atoms. The Morgan fingerprint density at radius 2 is 2.21 bits per heavy atom. The van der Waals surface area contributed by atoms with E-state index in [0.29, 0.717) is 24.9 Å². The first kappa shape index (κ1) is 15.4. The molecule has 2 N–H and O–H groups in total. The first-order chi connectivity index (χ1) is 9.08. The highest BCUT2D eigenvalue weighted by Crippen LogP contribution is 2.16. The third-order valence-corrected chi connectivity index (χ3v) is 2.78. The number of nitrogens with zero attached hydrogens (tertiary/aromatic N) is 3. The van der Waals surface area contributed by atoms with Gasteiger partial charge in [0.15, 0.2) is 0 Å². The summed E-state index contributed by atoms with van der Waals surface area (Å²) in [4.78, 5) is 12.9. The SMILES string of the molecule is CCCNC(C)c1nnc(N(C)CCC(=O)NC)o1. The molecular formula is C12H23N5O2. The van der Waals surface area contributed by atoms with E-state index in [1.807, 2.05) is 14.0 Å². The van der Waals surface area contributed by atoms with Gasteiger partial charge in [0.05, 0.1) is 6.04 Å². The molecule has 7 nitrogen and oxygen atoms in total. The average molecular weight is 269 g/mol. The lowest BCUT2D eigenvalue weighted by atomic mass is 10.3. The topological polar surface area (TPSA) is 83.3 Å². The zero-order chi connectivity index (χ0) is 14.3. The van der Waals surface area contributed by atoms with Crippen LogP contribution in [-0.4, -0.2) is 43.3 Å². The third kappa shape index (κ3) is 4.86. The Hall–Kier alpha value is -1.63. The number of carbonyl (C=O) groups is 1. The largest absolute Gasteiger partial charge is 0.406 e. The van der Waals surface area contributed by atoms with Crippen LogP contribution in [-0.2, 0) is 4.79 Å². The van der Waals surface area contributed by atoms with E-state index in [2.05, 4.69) is 27.8 Å². The molecular weight excluding hydrogens is 246 g/mol. The minimum Gasteiger partial charge on any atom is -0.406 e. The van der Waals surface area contributed by atoms with Crippen LogP contribution in [0.2, 0.25) is 0 Å². The number of amides is 1. The summed E-state index contributed by atoms with van der Waals surface area (Å²) in [5, 5.41) is 13.9. The van der Waals surface area contributed by atoms with Crippen LogP contribution >= 0.6 is 0 Å². The quantitative estimate of drug-likeness (QED) is 0.723. The van der Waals surface area contributed by atoms with Crippen molar-refractivity contribution in [3.05, 3.63) is 5.89 Å².